The fraction of sp³-hybridized carbons (Fsp3) is 0.349. The van der Waals surface area contributed by atoms with Gasteiger partial charge in [-0.1, -0.05) is 75.1 Å². The predicted molar refractivity (Wildman–Crippen MR) is 323 cm³/mol. The van der Waals surface area contributed by atoms with Crippen LogP contribution < -0.4 is 27.2 Å². The van der Waals surface area contributed by atoms with E-state index in [1.165, 1.54) is 118 Å². The molecule has 0 radical (unpaired) electrons. The van der Waals surface area contributed by atoms with Crippen molar-refractivity contribution < 1.29 is 56.9 Å². The molecule has 2 fully saturated rings. The van der Waals surface area contributed by atoms with Crippen molar-refractivity contribution in [1.82, 2.24) is 5.32 Å². The third-order valence-corrected chi connectivity index (χ3v) is 17.5. The number of carbonyl (C=O) groups is 3. The van der Waals surface area contributed by atoms with E-state index in [2.05, 4.69) is 15.8 Å². The van der Waals surface area contributed by atoms with Crippen LogP contribution in [0.4, 0.5) is 16.2 Å². The van der Waals surface area contributed by atoms with Crippen molar-refractivity contribution in [3.8, 4) is 56.4 Å². The molecule has 2 amide bonds. The Morgan fingerprint density at radius 3 is 1.58 bits per heavy atom. The topological polar surface area (TPSA) is 300 Å². The van der Waals surface area contributed by atoms with Crippen LogP contribution in [0.2, 0.25) is 6.04 Å². The van der Waals surface area contributed by atoms with Gasteiger partial charge in [0.15, 0.2) is 10.9 Å². The third kappa shape index (κ3) is 16.6. The average molecular weight is 1150 g/mol. The van der Waals surface area contributed by atoms with E-state index in [9.17, 15) is 49.3 Å². The first-order chi connectivity index (χ1) is 40.1. The van der Waals surface area contributed by atoms with E-state index >= 15 is 0 Å². The third-order valence-electron chi connectivity index (χ3n) is 14.3. The molecule has 0 saturated heterocycles. The van der Waals surface area contributed by atoms with Crippen LogP contribution in [-0.2, 0) is 13.3 Å². The highest BCUT2D eigenvalue weighted by Gasteiger charge is 2.39. The van der Waals surface area contributed by atoms with Gasteiger partial charge >= 0.3 is 26.8 Å². The van der Waals surface area contributed by atoms with Gasteiger partial charge in [-0.05, 0) is 130 Å². The number of hydrogen-bond donors (Lipinski definition) is 7. The van der Waals surface area contributed by atoms with Crippen LogP contribution in [0.5, 0.6) is 11.5 Å². The highest BCUT2D eigenvalue weighted by Crippen LogP contribution is 2.44. The summed E-state index contributed by atoms with van der Waals surface area (Å²) in [4.78, 5) is 70.2. The fourth-order valence-electron chi connectivity index (χ4n) is 10.6. The monoisotopic (exact) mass is 1150 g/mol. The van der Waals surface area contributed by atoms with Crippen LogP contribution in [0.3, 0.4) is 0 Å². The number of anilines is 2. The minimum atomic E-state index is -2.53. The zero-order valence-corrected chi connectivity index (χ0v) is 48.0. The van der Waals surface area contributed by atoms with Crippen LogP contribution in [0, 0.1) is 10.8 Å². The molecule has 83 heavy (non-hydrogen) atoms. The van der Waals surface area contributed by atoms with Gasteiger partial charge in [0, 0.05) is 101 Å². The number of benzene rings is 6. The minimum Gasteiger partial charge on any atom is -0.508 e. The Morgan fingerprint density at radius 2 is 1.10 bits per heavy atom. The molecule has 4 aromatic rings. The van der Waals surface area contributed by atoms with Crippen molar-refractivity contribution in [3.05, 3.63) is 146 Å². The second-order valence-corrected chi connectivity index (χ2v) is 22.9. The number of hydrogen-bond acceptors (Lipinski definition) is 15. The largest absolute Gasteiger partial charge is 0.508 e. The Morgan fingerprint density at radius 1 is 0.614 bits per heavy atom. The molecule has 0 aromatic heterocycles. The summed E-state index contributed by atoms with van der Waals surface area (Å²) < 4.78 is 28.4. The summed E-state index contributed by atoms with van der Waals surface area (Å²) in [5.74, 6) is -0.967. The zero-order chi connectivity index (χ0) is 59.5. The molecule has 10 rings (SSSR count). The van der Waals surface area contributed by atoms with Gasteiger partial charge < -0.3 is 58.9 Å². The molecule has 20 heteroatoms. The predicted octanol–water partition coefficient (Wildman–Crippen LogP) is 13.8. The second kappa shape index (κ2) is 30.0. The Hall–Kier alpha value is -8.43. The van der Waals surface area contributed by atoms with E-state index < -0.39 is 20.7 Å². The molecule has 438 valence electrons. The highest BCUT2D eigenvalue weighted by atomic mass is 28.4. The first-order valence-electron chi connectivity index (χ1n) is 28.2. The minimum absolute atomic E-state index is 0.000548. The number of fused-ring (bicyclic) bond motifs is 4. The number of aromatic hydroxyl groups is 2. The number of nitrogens with one attached hydrogen (secondary N) is 2. The Balaban J connectivity index is 0.000000186. The molecule has 19 nitrogen and oxygen atoms in total. The van der Waals surface area contributed by atoms with E-state index in [-0.39, 0.29) is 45.3 Å². The van der Waals surface area contributed by atoms with E-state index in [0.717, 1.165) is 18.8 Å². The Bertz CT molecular complexity index is 3550. The van der Waals surface area contributed by atoms with Crippen LogP contribution in [0.25, 0.3) is 66.8 Å². The Kier molecular flexibility index (Phi) is 22.5. The summed E-state index contributed by atoms with van der Waals surface area (Å²) in [7, 11) is -2.53. The van der Waals surface area contributed by atoms with Crippen molar-refractivity contribution in [3.63, 3.8) is 0 Å². The summed E-state index contributed by atoms with van der Waals surface area (Å²) in [6.07, 6.45) is 15.3. The van der Waals surface area contributed by atoms with Crippen LogP contribution in [0.1, 0.15) is 119 Å². The number of carboxylic acids is 2. The van der Waals surface area contributed by atoms with Gasteiger partial charge in [-0.15, -0.1) is 0 Å². The van der Waals surface area contributed by atoms with Crippen molar-refractivity contribution in [1.29, 1.82) is 0 Å². The number of phenols is 2. The maximum Gasteiger partial charge on any atom is 0.500 e. The van der Waals surface area contributed by atoms with Gasteiger partial charge in [-0.3, -0.25) is 9.59 Å². The van der Waals surface area contributed by atoms with E-state index in [0.29, 0.717) is 118 Å². The number of carbonyl (C=O) groups excluding carboxylic acids is 1. The molecular formula is C63H72N4O15Si. The number of carboxylic acid groups (broad SMARTS) is 2. The van der Waals surface area contributed by atoms with Gasteiger partial charge in [0.1, 0.15) is 34.2 Å². The first-order valence-corrected chi connectivity index (χ1v) is 30.2. The van der Waals surface area contributed by atoms with Crippen LogP contribution in [0.15, 0.2) is 133 Å². The fourth-order valence-corrected chi connectivity index (χ4v) is 13.2. The molecule has 4 aliphatic carbocycles. The lowest BCUT2D eigenvalue weighted by Crippen LogP contribution is -2.46. The highest BCUT2D eigenvalue weighted by molar-refractivity contribution is 6.60. The lowest BCUT2D eigenvalue weighted by Gasteiger charge is -2.28. The number of nitrogens with zero attached hydrogens (tertiary/aromatic N) is 1. The zero-order valence-electron chi connectivity index (χ0n) is 47.0. The summed E-state index contributed by atoms with van der Waals surface area (Å²) in [6, 6.07) is 27.4. The van der Waals surface area contributed by atoms with E-state index in [1.807, 2.05) is 20.8 Å². The molecule has 0 bridgehead atoms. The lowest BCUT2D eigenvalue weighted by molar-refractivity contribution is 0.0687. The van der Waals surface area contributed by atoms with Gasteiger partial charge in [-0.2, -0.15) is 4.91 Å². The molecule has 2 saturated carbocycles. The molecule has 0 unspecified atom stereocenters. The normalized spacial score (nSPS) is 13.1. The summed E-state index contributed by atoms with van der Waals surface area (Å²) >= 11 is 0. The average Bonchev–Trinajstić information content (AvgIpc) is 4.19. The molecule has 2 heterocycles. The number of phenolic OH excluding ortho intramolecular Hbond substituents is 2. The van der Waals surface area contributed by atoms with Gasteiger partial charge in [0.2, 0.25) is 0 Å². The SMILES string of the molecule is C1CCCC1.CCO[Si](CCCN=O)(OCC)OCC.Nc1ccc(-c2c3ccc(=O)cc-3oc3cc(O)ccc23)c(C(=O)O)c1.O=C(NCCCC1CCCC1)Nc1ccc(-c2c3ccc(=O)cc-3oc3cc(O)ccc23)c(C(=O)O)c1. The van der Waals surface area contributed by atoms with Crippen LogP contribution >= 0.6 is 0 Å². The molecule has 6 aliphatic rings. The molecular weight excluding hydrogens is 1080 g/mol. The number of nitrogen functional groups attached to an aromatic ring is 1. The smallest absolute Gasteiger partial charge is 0.500 e. The quantitative estimate of drug-likeness (QED) is 0.0130. The lowest BCUT2D eigenvalue weighted by atomic mass is 9.90. The number of urea groups is 1. The van der Waals surface area contributed by atoms with Crippen molar-refractivity contribution in [2.45, 2.75) is 104 Å². The molecule has 4 aromatic carbocycles. The first kappa shape index (κ1) is 62.2. The van der Waals surface area contributed by atoms with E-state index in [4.69, 9.17) is 27.8 Å². The maximum absolute atomic E-state index is 12.4. The standard InChI is InChI=1S/C29H28N2O6.C20H13NO5.C9H21NO4Si.C5H10/c32-19-8-11-22-25(15-19)37-26-16-20(33)9-12-23(26)27(22)21-10-7-18(14-24(21)28(34)35)31-29(36)30-13-3-6-17-4-1-2-5-17;21-10-1-4-13(16(7-10)20(24)25)19-14-5-2-11(22)8-17(14)26-18-9-12(23)3-6-15(18)19;1-4-12-15(13-5-2,14-6-3)9-7-8-10-11;1-2-4-5-3-1/h7-12,14-17,32H,1-6,13H2,(H,34,35)(H2,30,31,36);1-9,22H,21H2,(H,24,25);4-9H2,1-3H3;1-5H2. The van der Waals surface area contributed by atoms with Crippen molar-refractivity contribution in [2.75, 3.05) is 44.0 Å². The number of nitroso groups, excluding NO2 is 1. The summed E-state index contributed by atoms with van der Waals surface area (Å²) in [5.41, 5.74) is 9.75. The number of nitrogens with two attached hydrogens (primary N) is 1. The summed E-state index contributed by atoms with van der Waals surface area (Å²) in [6.45, 7) is 8.31. The number of rotatable bonds is 19. The maximum atomic E-state index is 12.4. The Labute approximate surface area is 481 Å². The molecule has 2 aliphatic heterocycles. The number of amides is 2. The molecule has 0 spiro atoms. The van der Waals surface area contributed by atoms with Gasteiger partial charge in [-0.25, -0.2) is 14.4 Å². The van der Waals surface area contributed by atoms with E-state index in [1.54, 1.807) is 48.5 Å². The second-order valence-electron chi connectivity index (χ2n) is 20.2. The van der Waals surface area contributed by atoms with Gasteiger partial charge in [0.25, 0.3) is 0 Å². The molecule has 0 atom stereocenters. The van der Waals surface area contributed by atoms with Crippen molar-refractivity contribution in [2.24, 2.45) is 11.1 Å². The van der Waals surface area contributed by atoms with Crippen LogP contribution in [-0.4, -0.2) is 80.1 Å². The summed E-state index contributed by atoms with van der Waals surface area (Å²) in [5, 5.41) is 49.0. The molecule has 8 N–H and O–H groups in total. The number of aromatic carboxylic acids is 2. The van der Waals surface area contributed by atoms with Gasteiger partial charge in [0.05, 0.1) is 17.7 Å². The van der Waals surface area contributed by atoms with Crippen molar-refractivity contribution >= 4 is 60.1 Å².